The lowest BCUT2D eigenvalue weighted by molar-refractivity contribution is -0.117. The molecule has 0 aromatic heterocycles. The van der Waals surface area contributed by atoms with Crippen LogP contribution in [0, 0.1) is 5.92 Å². The molecule has 0 bridgehead atoms. The number of hydrogen-bond donors (Lipinski definition) is 0. The standard InChI is InChI=1S/C15H23ClO/c1-11-7-8-13(14(17)10-11)12(2)6-5-9-15(3,4)16/h6,10,13H,5,7-9H2,1-4H3. The van der Waals surface area contributed by atoms with E-state index in [1.165, 1.54) is 11.1 Å². The lowest BCUT2D eigenvalue weighted by Crippen LogP contribution is -2.18. The van der Waals surface area contributed by atoms with Gasteiger partial charge in [-0.2, -0.15) is 0 Å². The van der Waals surface area contributed by atoms with Crippen LogP contribution in [0.2, 0.25) is 0 Å². The van der Waals surface area contributed by atoms with Crippen LogP contribution in [0.1, 0.15) is 53.4 Å². The molecule has 0 radical (unpaired) electrons. The van der Waals surface area contributed by atoms with Crippen LogP contribution in [0.5, 0.6) is 0 Å². The van der Waals surface area contributed by atoms with Crippen LogP contribution < -0.4 is 0 Å². The molecule has 1 aliphatic rings. The van der Waals surface area contributed by atoms with Crippen molar-refractivity contribution >= 4 is 17.4 Å². The van der Waals surface area contributed by atoms with E-state index in [0.717, 1.165) is 25.7 Å². The maximum absolute atomic E-state index is 11.9. The summed E-state index contributed by atoms with van der Waals surface area (Å²) < 4.78 is 0. The number of halogens is 1. The Bertz CT molecular complexity index is 344. The first-order valence-corrected chi connectivity index (χ1v) is 6.74. The van der Waals surface area contributed by atoms with Gasteiger partial charge in [0.25, 0.3) is 0 Å². The summed E-state index contributed by atoms with van der Waals surface area (Å²) in [6, 6.07) is 0. The van der Waals surface area contributed by atoms with Crippen LogP contribution in [-0.2, 0) is 4.79 Å². The Morgan fingerprint density at radius 2 is 2.24 bits per heavy atom. The minimum Gasteiger partial charge on any atom is -0.294 e. The lowest BCUT2D eigenvalue weighted by Gasteiger charge is -2.20. The van der Waals surface area contributed by atoms with E-state index in [2.05, 4.69) is 13.0 Å². The molecule has 96 valence electrons. The van der Waals surface area contributed by atoms with Crippen LogP contribution in [-0.4, -0.2) is 10.7 Å². The van der Waals surface area contributed by atoms with Crippen molar-refractivity contribution in [3.05, 3.63) is 23.3 Å². The van der Waals surface area contributed by atoms with Crippen molar-refractivity contribution in [2.45, 2.75) is 58.3 Å². The quantitative estimate of drug-likeness (QED) is 0.527. The fraction of sp³-hybridized carbons (Fsp3) is 0.667. The second-order valence-electron chi connectivity index (χ2n) is 5.69. The molecule has 0 N–H and O–H groups in total. The maximum atomic E-state index is 11.9. The normalized spacial score (nSPS) is 22.6. The molecule has 1 aliphatic carbocycles. The molecule has 0 aromatic rings. The highest BCUT2D eigenvalue weighted by atomic mass is 35.5. The molecule has 0 aromatic carbocycles. The highest BCUT2D eigenvalue weighted by Crippen LogP contribution is 2.27. The van der Waals surface area contributed by atoms with Gasteiger partial charge in [0.05, 0.1) is 0 Å². The molecule has 0 saturated heterocycles. The van der Waals surface area contributed by atoms with E-state index in [0.29, 0.717) is 0 Å². The average Bonchev–Trinajstić information content (AvgIpc) is 2.15. The van der Waals surface area contributed by atoms with E-state index in [1.54, 1.807) is 6.08 Å². The SMILES string of the molecule is CC1=CC(=O)C(C(C)=CCCC(C)(C)Cl)CC1. The molecular formula is C15H23ClO. The zero-order valence-corrected chi connectivity index (χ0v) is 12.1. The van der Waals surface area contributed by atoms with Crippen molar-refractivity contribution in [2.75, 3.05) is 0 Å². The Morgan fingerprint density at radius 1 is 1.59 bits per heavy atom. The molecule has 0 saturated carbocycles. The number of ketones is 1. The smallest absolute Gasteiger partial charge is 0.162 e. The maximum Gasteiger partial charge on any atom is 0.162 e. The van der Waals surface area contributed by atoms with E-state index in [1.807, 2.05) is 20.8 Å². The van der Waals surface area contributed by atoms with Gasteiger partial charge in [0.2, 0.25) is 0 Å². The van der Waals surface area contributed by atoms with Gasteiger partial charge in [0.15, 0.2) is 5.78 Å². The van der Waals surface area contributed by atoms with Gasteiger partial charge in [-0.25, -0.2) is 0 Å². The van der Waals surface area contributed by atoms with Crippen LogP contribution in [0.3, 0.4) is 0 Å². The number of carbonyl (C=O) groups excluding carboxylic acids is 1. The zero-order chi connectivity index (χ0) is 13.1. The molecule has 0 amide bonds. The molecule has 0 fully saturated rings. The summed E-state index contributed by atoms with van der Waals surface area (Å²) >= 11 is 6.14. The van der Waals surface area contributed by atoms with Gasteiger partial charge in [-0.3, -0.25) is 4.79 Å². The minimum atomic E-state index is -0.149. The predicted octanol–water partition coefficient (Wildman–Crippen LogP) is 4.66. The van der Waals surface area contributed by atoms with E-state index in [-0.39, 0.29) is 16.6 Å². The van der Waals surface area contributed by atoms with E-state index in [9.17, 15) is 4.79 Å². The Kier molecular flexibility index (Phi) is 5.00. The number of carbonyl (C=O) groups is 1. The van der Waals surface area contributed by atoms with Crippen LogP contribution >= 0.6 is 11.6 Å². The third-order valence-electron chi connectivity index (χ3n) is 3.31. The fourth-order valence-corrected chi connectivity index (χ4v) is 2.28. The molecule has 1 atom stereocenters. The molecule has 0 aliphatic heterocycles. The first-order valence-electron chi connectivity index (χ1n) is 6.36. The van der Waals surface area contributed by atoms with E-state index < -0.39 is 0 Å². The third-order valence-corrected chi connectivity index (χ3v) is 3.50. The lowest BCUT2D eigenvalue weighted by atomic mass is 9.84. The van der Waals surface area contributed by atoms with Crippen LogP contribution in [0.25, 0.3) is 0 Å². The summed E-state index contributed by atoms with van der Waals surface area (Å²) in [5.41, 5.74) is 2.42. The van der Waals surface area contributed by atoms with Crippen molar-refractivity contribution in [1.82, 2.24) is 0 Å². The number of allylic oxidation sites excluding steroid dienone is 4. The first-order chi connectivity index (χ1) is 7.79. The Hall–Kier alpha value is -0.560. The van der Waals surface area contributed by atoms with Crippen LogP contribution in [0.15, 0.2) is 23.3 Å². The molecule has 2 heteroatoms. The Labute approximate surface area is 110 Å². The molecule has 1 rings (SSSR count). The van der Waals surface area contributed by atoms with Gasteiger partial charge in [0.1, 0.15) is 0 Å². The molecule has 17 heavy (non-hydrogen) atoms. The average molecular weight is 255 g/mol. The second kappa shape index (κ2) is 5.86. The minimum absolute atomic E-state index is 0.108. The van der Waals surface area contributed by atoms with Crippen molar-refractivity contribution < 1.29 is 4.79 Å². The van der Waals surface area contributed by atoms with Gasteiger partial charge < -0.3 is 0 Å². The second-order valence-corrected chi connectivity index (χ2v) is 6.71. The summed E-state index contributed by atoms with van der Waals surface area (Å²) in [7, 11) is 0. The van der Waals surface area contributed by atoms with Gasteiger partial charge in [-0.1, -0.05) is 17.2 Å². The molecular weight excluding hydrogens is 232 g/mol. The summed E-state index contributed by atoms with van der Waals surface area (Å²) in [6.45, 7) is 8.15. The highest BCUT2D eigenvalue weighted by Gasteiger charge is 2.22. The summed E-state index contributed by atoms with van der Waals surface area (Å²) in [6.07, 6.45) is 7.89. The Morgan fingerprint density at radius 3 is 2.76 bits per heavy atom. The van der Waals surface area contributed by atoms with Gasteiger partial charge >= 0.3 is 0 Å². The van der Waals surface area contributed by atoms with Crippen molar-refractivity contribution in [2.24, 2.45) is 5.92 Å². The summed E-state index contributed by atoms with van der Waals surface area (Å²) in [5, 5.41) is 0. The largest absolute Gasteiger partial charge is 0.294 e. The highest BCUT2D eigenvalue weighted by molar-refractivity contribution is 6.23. The number of hydrogen-bond acceptors (Lipinski definition) is 1. The molecule has 0 spiro atoms. The number of rotatable bonds is 4. The summed E-state index contributed by atoms with van der Waals surface area (Å²) in [5.74, 6) is 0.379. The monoisotopic (exact) mass is 254 g/mol. The predicted molar refractivity (Wildman–Crippen MR) is 74.4 cm³/mol. The van der Waals surface area contributed by atoms with Gasteiger partial charge in [-0.15, -0.1) is 11.6 Å². The third kappa shape index (κ3) is 5.08. The van der Waals surface area contributed by atoms with Gasteiger partial charge in [0, 0.05) is 10.8 Å². The van der Waals surface area contributed by atoms with Crippen molar-refractivity contribution in [1.29, 1.82) is 0 Å². The first kappa shape index (κ1) is 14.5. The molecule has 1 nitrogen and oxygen atoms in total. The molecule has 1 unspecified atom stereocenters. The van der Waals surface area contributed by atoms with Gasteiger partial charge in [-0.05, 0) is 59.5 Å². The fourth-order valence-electron chi connectivity index (χ4n) is 2.17. The summed E-state index contributed by atoms with van der Waals surface area (Å²) in [4.78, 5) is 11.7. The molecule has 0 heterocycles. The van der Waals surface area contributed by atoms with Crippen LogP contribution in [0.4, 0.5) is 0 Å². The zero-order valence-electron chi connectivity index (χ0n) is 11.3. The van der Waals surface area contributed by atoms with E-state index in [4.69, 9.17) is 11.6 Å². The topological polar surface area (TPSA) is 17.1 Å². The van der Waals surface area contributed by atoms with Crippen molar-refractivity contribution in [3.63, 3.8) is 0 Å². The van der Waals surface area contributed by atoms with E-state index >= 15 is 0 Å². The Balaban J connectivity index is 2.56. The van der Waals surface area contributed by atoms with Crippen molar-refractivity contribution in [3.8, 4) is 0 Å². The number of alkyl halides is 1.